The fourth-order valence-electron chi connectivity index (χ4n) is 1.75. The number of aryl methyl sites for hydroxylation is 1. The predicted molar refractivity (Wildman–Crippen MR) is 79.8 cm³/mol. The van der Waals surface area contributed by atoms with Gasteiger partial charge in [-0.05, 0) is 26.0 Å². The molecule has 20 heavy (non-hydrogen) atoms. The number of nitrogens with zero attached hydrogens (tertiary/aromatic N) is 1. The van der Waals surface area contributed by atoms with E-state index < -0.39 is 9.84 Å². The lowest BCUT2D eigenvalue weighted by molar-refractivity contribution is 0.339. The maximum absolute atomic E-state index is 12.4. The minimum absolute atomic E-state index is 0.0938. The molecule has 0 amide bonds. The Hall–Kier alpha value is -1.60. The molecule has 0 saturated heterocycles. The van der Waals surface area contributed by atoms with Crippen molar-refractivity contribution in [3.05, 3.63) is 34.3 Å². The van der Waals surface area contributed by atoms with Gasteiger partial charge >= 0.3 is 0 Å². The largest absolute Gasteiger partial charge is 0.494 e. The summed E-state index contributed by atoms with van der Waals surface area (Å²) in [5.74, 6) is 0.348. The van der Waals surface area contributed by atoms with Crippen LogP contribution in [0.4, 0.5) is 5.69 Å². The van der Waals surface area contributed by atoms with Gasteiger partial charge in [0.1, 0.15) is 16.5 Å². The fourth-order valence-corrected chi connectivity index (χ4v) is 4.31. The summed E-state index contributed by atoms with van der Waals surface area (Å²) in [7, 11) is -3.53. The molecule has 0 aliphatic carbocycles. The van der Waals surface area contributed by atoms with Crippen molar-refractivity contribution in [3.8, 4) is 5.75 Å². The highest BCUT2D eigenvalue weighted by atomic mass is 32.2. The molecule has 0 unspecified atom stereocenters. The highest BCUT2D eigenvalue weighted by molar-refractivity contribution is 7.91. The van der Waals surface area contributed by atoms with E-state index in [1.165, 1.54) is 17.4 Å². The lowest BCUT2D eigenvalue weighted by atomic mass is 10.3. The Morgan fingerprint density at radius 2 is 2.15 bits per heavy atom. The van der Waals surface area contributed by atoms with Crippen molar-refractivity contribution in [1.82, 2.24) is 4.98 Å². The van der Waals surface area contributed by atoms with Gasteiger partial charge in [-0.2, -0.15) is 0 Å². The van der Waals surface area contributed by atoms with Crippen LogP contribution in [0.1, 0.15) is 17.6 Å². The van der Waals surface area contributed by atoms with Gasteiger partial charge in [0.15, 0.2) is 9.84 Å². The number of nitrogens with two attached hydrogens (primary N) is 1. The van der Waals surface area contributed by atoms with Crippen LogP contribution in [0.5, 0.6) is 5.75 Å². The van der Waals surface area contributed by atoms with Crippen LogP contribution in [-0.2, 0) is 15.6 Å². The zero-order valence-electron chi connectivity index (χ0n) is 11.3. The van der Waals surface area contributed by atoms with E-state index >= 15 is 0 Å². The fraction of sp³-hybridized carbons (Fsp3) is 0.308. The summed E-state index contributed by atoms with van der Waals surface area (Å²) in [6.07, 6.45) is 0. The summed E-state index contributed by atoms with van der Waals surface area (Å²) < 4.78 is 30.2. The number of benzene rings is 1. The van der Waals surface area contributed by atoms with E-state index in [0.29, 0.717) is 17.4 Å². The van der Waals surface area contributed by atoms with Crippen LogP contribution in [0.25, 0.3) is 0 Å². The minimum atomic E-state index is -3.53. The smallest absolute Gasteiger partial charge is 0.187 e. The highest BCUT2D eigenvalue weighted by Crippen LogP contribution is 2.27. The third-order valence-corrected chi connectivity index (χ3v) is 5.44. The lowest BCUT2D eigenvalue weighted by Gasteiger charge is -2.09. The highest BCUT2D eigenvalue weighted by Gasteiger charge is 2.21. The third kappa shape index (κ3) is 3.29. The van der Waals surface area contributed by atoms with Crippen molar-refractivity contribution in [2.75, 3.05) is 12.3 Å². The molecular formula is C13H16N2O3S2. The first-order valence-corrected chi connectivity index (χ1v) is 8.61. The molecule has 1 aromatic heterocycles. The van der Waals surface area contributed by atoms with Crippen LogP contribution in [0.3, 0.4) is 0 Å². The van der Waals surface area contributed by atoms with Crippen molar-refractivity contribution in [2.24, 2.45) is 0 Å². The Balaban J connectivity index is 2.35. The second-order valence-electron chi connectivity index (χ2n) is 4.27. The maximum atomic E-state index is 12.4. The van der Waals surface area contributed by atoms with Crippen LogP contribution in [0, 0.1) is 6.92 Å². The Labute approximate surface area is 122 Å². The molecular weight excluding hydrogens is 296 g/mol. The molecule has 0 atom stereocenters. The average Bonchev–Trinajstić information content (AvgIpc) is 2.76. The molecule has 0 saturated carbocycles. The first-order valence-electron chi connectivity index (χ1n) is 6.08. The summed E-state index contributed by atoms with van der Waals surface area (Å²) in [5.41, 5.74) is 6.82. The normalized spacial score (nSPS) is 11.5. The molecule has 2 aromatic rings. The molecule has 5 nitrogen and oxygen atoms in total. The number of ether oxygens (including phenoxy) is 1. The van der Waals surface area contributed by atoms with E-state index in [1.807, 2.05) is 19.2 Å². The summed E-state index contributed by atoms with van der Waals surface area (Å²) >= 11 is 1.33. The molecule has 0 aliphatic heterocycles. The standard InChI is InChI=1S/C13H16N2O3S2/c1-3-18-10-4-5-11(14)12(6-10)20(16,17)8-13-15-9(2)7-19-13/h4-7H,3,8,14H2,1-2H3. The van der Waals surface area contributed by atoms with Crippen molar-refractivity contribution in [1.29, 1.82) is 0 Å². The number of anilines is 1. The van der Waals surface area contributed by atoms with E-state index in [1.54, 1.807) is 12.1 Å². The zero-order chi connectivity index (χ0) is 14.8. The number of rotatable bonds is 5. The number of thiazole rings is 1. The summed E-state index contributed by atoms with van der Waals surface area (Å²) in [6.45, 7) is 4.13. The van der Waals surface area contributed by atoms with Gasteiger partial charge in [-0.3, -0.25) is 0 Å². The van der Waals surface area contributed by atoms with Crippen molar-refractivity contribution < 1.29 is 13.2 Å². The summed E-state index contributed by atoms with van der Waals surface area (Å²) in [6, 6.07) is 4.67. The van der Waals surface area contributed by atoms with Gasteiger partial charge in [0.05, 0.1) is 17.2 Å². The molecule has 0 radical (unpaired) electrons. The van der Waals surface area contributed by atoms with Crippen molar-refractivity contribution in [3.63, 3.8) is 0 Å². The Morgan fingerprint density at radius 3 is 2.75 bits per heavy atom. The van der Waals surface area contributed by atoms with Gasteiger partial charge in [-0.1, -0.05) is 0 Å². The van der Waals surface area contributed by atoms with Gasteiger partial charge in [0, 0.05) is 17.1 Å². The molecule has 1 aromatic carbocycles. The Morgan fingerprint density at radius 1 is 1.40 bits per heavy atom. The molecule has 108 valence electrons. The van der Waals surface area contributed by atoms with E-state index in [9.17, 15) is 8.42 Å². The Bertz CT molecular complexity index is 708. The second-order valence-corrected chi connectivity index (χ2v) is 7.18. The van der Waals surface area contributed by atoms with Gasteiger partial charge in [-0.15, -0.1) is 11.3 Å². The molecule has 0 spiro atoms. The monoisotopic (exact) mass is 312 g/mol. The summed E-state index contributed by atoms with van der Waals surface area (Å²) in [5, 5.41) is 2.38. The molecule has 0 aliphatic rings. The van der Waals surface area contributed by atoms with Crippen LogP contribution in [0.15, 0.2) is 28.5 Å². The number of hydrogen-bond acceptors (Lipinski definition) is 6. The van der Waals surface area contributed by atoms with E-state index in [4.69, 9.17) is 10.5 Å². The maximum Gasteiger partial charge on any atom is 0.187 e. The van der Waals surface area contributed by atoms with E-state index in [0.717, 1.165) is 5.69 Å². The molecule has 1 heterocycles. The predicted octanol–water partition coefficient (Wildman–Crippen LogP) is 2.41. The Kier molecular flexibility index (Phi) is 4.29. The second kappa shape index (κ2) is 5.80. The van der Waals surface area contributed by atoms with Crippen LogP contribution >= 0.6 is 11.3 Å². The lowest BCUT2D eigenvalue weighted by Crippen LogP contribution is -2.08. The van der Waals surface area contributed by atoms with Crippen LogP contribution < -0.4 is 10.5 Å². The topological polar surface area (TPSA) is 82.3 Å². The molecule has 2 rings (SSSR count). The molecule has 7 heteroatoms. The zero-order valence-corrected chi connectivity index (χ0v) is 12.9. The number of sulfone groups is 1. The van der Waals surface area contributed by atoms with E-state index in [-0.39, 0.29) is 16.3 Å². The molecule has 2 N–H and O–H groups in total. The summed E-state index contributed by atoms with van der Waals surface area (Å²) in [4.78, 5) is 4.27. The SMILES string of the molecule is CCOc1ccc(N)c(S(=O)(=O)Cc2nc(C)cs2)c1. The average molecular weight is 312 g/mol. The quantitative estimate of drug-likeness (QED) is 0.857. The number of nitrogen functional groups attached to an aromatic ring is 1. The molecule has 0 bridgehead atoms. The third-order valence-electron chi connectivity index (χ3n) is 2.61. The van der Waals surface area contributed by atoms with Crippen molar-refractivity contribution in [2.45, 2.75) is 24.5 Å². The molecule has 0 fully saturated rings. The van der Waals surface area contributed by atoms with Gasteiger partial charge in [0.2, 0.25) is 0 Å². The van der Waals surface area contributed by atoms with Crippen molar-refractivity contribution >= 4 is 26.9 Å². The van der Waals surface area contributed by atoms with Gasteiger partial charge in [-0.25, -0.2) is 13.4 Å². The van der Waals surface area contributed by atoms with E-state index in [2.05, 4.69) is 4.98 Å². The number of aromatic nitrogens is 1. The van der Waals surface area contributed by atoms with Crippen LogP contribution in [0.2, 0.25) is 0 Å². The van der Waals surface area contributed by atoms with Gasteiger partial charge in [0.25, 0.3) is 0 Å². The van der Waals surface area contributed by atoms with Gasteiger partial charge < -0.3 is 10.5 Å². The number of hydrogen-bond donors (Lipinski definition) is 1. The first-order chi connectivity index (χ1) is 9.42. The van der Waals surface area contributed by atoms with Crippen LogP contribution in [-0.4, -0.2) is 20.0 Å². The minimum Gasteiger partial charge on any atom is -0.494 e. The first kappa shape index (κ1) is 14.8.